The number of anilines is 3. The van der Waals surface area contributed by atoms with E-state index in [9.17, 15) is 4.79 Å². The molecule has 3 rings (SSSR count). The van der Waals surface area contributed by atoms with E-state index in [4.69, 9.17) is 0 Å². The van der Waals surface area contributed by atoms with Gasteiger partial charge in [-0.3, -0.25) is 4.79 Å². The minimum Gasteiger partial charge on any atom is -0.327 e. The average Bonchev–Trinajstić information content (AvgIpc) is 2.51. The zero-order valence-electron chi connectivity index (χ0n) is 11.1. The van der Waals surface area contributed by atoms with Gasteiger partial charge in [0.2, 0.25) is 0 Å². The first-order chi connectivity index (χ1) is 9.09. The van der Waals surface area contributed by atoms with Gasteiger partial charge in [0.1, 0.15) is 11.5 Å². The third-order valence-corrected chi connectivity index (χ3v) is 3.35. The number of nitrogens with zero attached hydrogens (tertiary/aromatic N) is 4. The van der Waals surface area contributed by atoms with Crippen LogP contribution in [0, 0.1) is 6.92 Å². The Morgan fingerprint density at radius 3 is 2.58 bits per heavy atom. The fourth-order valence-corrected chi connectivity index (χ4v) is 2.29. The first-order valence-corrected chi connectivity index (χ1v) is 6.04. The standard InChI is InChI=1S/C14H14N4O/c1-9-15-8-12-13(16-9)17(2)11-7-5-4-6-10(11)14(19)18(12)3/h4-8H,1-3H3. The first-order valence-electron chi connectivity index (χ1n) is 6.04. The predicted molar refractivity (Wildman–Crippen MR) is 74.0 cm³/mol. The Balaban J connectivity index is 2.31. The van der Waals surface area contributed by atoms with E-state index < -0.39 is 0 Å². The lowest BCUT2D eigenvalue weighted by Crippen LogP contribution is -2.25. The Bertz CT molecular complexity index is 668. The summed E-state index contributed by atoms with van der Waals surface area (Å²) in [6.07, 6.45) is 1.69. The van der Waals surface area contributed by atoms with Gasteiger partial charge in [-0.15, -0.1) is 0 Å². The molecular formula is C14H14N4O. The van der Waals surface area contributed by atoms with E-state index in [1.54, 1.807) is 18.1 Å². The summed E-state index contributed by atoms with van der Waals surface area (Å²) >= 11 is 0. The van der Waals surface area contributed by atoms with Crippen LogP contribution in [0.4, 0.5) is 17.2 Å². The van der Waals surface area contributed by atoms with Crippen molar-refractivity contribution in [1.29, 1.82) is 0 Å². The number of fused-ring (bicyclic) bond motifs is 2. The van der Waals surface area contributed by atoms with Crippen molar-refractivity contribution in [3.63, 3.8) is 0 Å². The lowest BCUT2D eigenvalue weighted by Gasteiger charge is -2.20. The molecule has 0 saturated heterocycles. The van der Waals surface area contributed by atoms with Crippen LogP contribution in [0.1, 0.15) is 16.2 Å². The van der Waals surface area contributed by atoms with Crippen molar-refractivity contribution >= 4 is 23.1 Å². The zero-order valence-corrected chi connectivity index (χ0v) is 11.1. The molecule has 0 N–H and O–H groups in total. The van der Waals surface area contributed by atoms with Crippen molar-refractivity contribution in [2.75, 3.05) is 23.9 Å². The number of aryl methyl sites for hydroxylation is 1. The third kappa shape index (κ3) is 1.66. The monoisotopic (exact) mass is 254 g/mol. The van der Waals surface area contributed by atoms with Gasteiger partial charge in [-0.1, -0.05) is 12.1 Å². The number of hydrogen-bond acceptors (Lipinski definition) is 4. The largest absolute Gasteiger partial charge is 0.327 e. The molecule has 0 atom stereocenters. The van der Waals surface area contributed by atoms with Gasteiger partial charge >= 0.3 is 0 Å². The van der Waals surface area contributed by atoms with E-state index in [0.29, 0.717) is 17.1 Å². The van der Waals surface area contributed by atoms with Gasteiger partial charge in [0.05, 0.1) is 17.4 Å². The van der Waals surface area contributed by atoms with E-state index in [1.165, 1.54) is 0 Å². The normalized spacial score (nSPS) is 13.9. The van der Waals surface area contributed by atoms with E-state index in [1.807, 2.05) is 43.1 Å². The Hall–Kier alpha value is -2.43. The third-order valence-electron chi connectivity index (χ3n) is 3.35. The maximum atomic E-state index is 12.5. The number of hydrogen-bond donors (Lipinski definition) is 0. The number of carbonyl (C=O) groups excluding carboxylic acids is 1. The highest BCUT2D eigenvalue weighted by molar-refractivity contribution is 6.13. The number of amides is 1. The van der Waals surface area contributed by atoms with Gasteiger partial charge in [0.15, 0.2) is 5.82 Å². The number of aromatic nitrogens is 2. The molecule has 0 aliphatic carbocycles. The van der Waals surface area contributed by atoms with Gasteiger partial charge < -0.3 is 9.80 Å². The van der Waals surface area contributed by atoms with E-state index in [0.717, 1.165) is 11.5 Å². The van der Waals surface area contributed by atoms with Gasteiger partial charge in [0.25, 0.3) is 5.91 Å². The van der Waals surface area contributed by atoms with Gasteiger partial charge in [0, 0.05) is 14.1 Å². The molecule has 96 valence electrons. The zero-order chi connectivity index (χ0) is 13.6. The molecule has 1 amide bonds. The SMILES string of the molecule is Cc1ncc2c(n1)N(C)c1ccccc1C(=O)N2C. The summed E-state index contributed by atoms with van der Waals surface area (Å²) in [5.74, 6) is 1.38. The topological polar surface area (TPSA) is 49.3 Å². The van der Waals surface area contributed by atoms with Crippen LogP contribution >= 0.6 is 0 Å². The van der Waals surface area contributed by atoms with Crippen molar-refractivity contribution < 1.29 is 4.79 Å². The lowest BCUT2D eigenvalue weighted by molar-refractivity contribution is 0.0994. The predicted octanol–water partition coefficient (Wildman–Crippen LogP) is 2.14. The average molecular weight is 254 g/mol. The van der Waals surface area contributed by atoms with Gasteiger partial charge in [-0.2, -0.15) is 0 Å². The molecule has 1 aliphatic heterocycles. The van der Waals surface area contributed by atoms with Crippen LogP contribution < -0.4 is 9.80 Å². The van der Waals surface area contributed by atoms with E-state index in [2.05, 4.69) is 9.97 Å². The number of benzene rings is 1. The van der Waals surface area contributed by atoms with Gasteiger partial charge in [-0.25, -0.2) is 9.97 Å². The molecule has 0 spiro atoms. The lowest BCUT2D eigenvalue weighted by atomic mass is 10.1. The second-order valence-electron chi connectivity index (χ2n) is 4.57. The summed E-state index contributed by atoms with van der Waals surface area (Å²) < 4.78 is 0. The minimum atomic E-state index is -0.0475. The molecule has 2 heterocycles. The van der Waals surface area contributed by atoms with E-state index >= 15 is 0 Å². The van der Waals surface area contributed by atoms with Crippen LogP contribution in [0.3, 0.4) is 0 Å². The highest BCUT2D eigenvalue weighted by Gasteiger charge is 2.28. The number of rotatable bonds is 0. The summed E-state index contributed by atoms with van der Waals surface area (Å²) in [5, 5.41) is 0. The van der Waals surface area contributed by atoms with Crippen LogP contribution in [0.15, 0.2) is 30.5 Å². The van der Waals surface area contributed by atoms with Crippen molar-refractivity contribution in [2.24, 2.45) is 0 Å². The Morgan fingerprint density at radius 1 is 1.05 bits per heavy atom. The highest BCUT2D eigenvalue weighted by atomic mass is 16.2. The second kappa shape index (κ2) is 4.05. The fourth-order valence-electron chi connectivity index (χ4n) is 2.29. The molecular weight excluding hydrogens is 240 g/mol. The molecule has 5 nitrogen and oxygen atoms in total. The van der Waals surface area contributed by atoms with Crippen LogP contribution in [0.25, 0.3) is 0 Å². The minimum absolute atomic E-state index is 0.0475. The van der Waals surface area contributed by atoms with Crippen molar-refractivity contribution in [1.82, 2.24) is 9.97 Å². The van der Waals surface area contributed by atoms with Crippen LogP contribution in [-0.4, -0.2) is 30.0 Å². The summed E-state index contributed by atoms with van der Waals surface area (Å²) in [6, 6.07) is 7.54. The molecule has 19 heavy (non-hydrogen) atoms. The van der Waals surface area contributed by atoms with Crippen LogP contribution in [-0.2, 0) is 0 Å². The smallest absolute Gasteiger partial charge is 0.260 e. The molecule has 1 aliphatic rings. The molecule has 5 heteroatoms. The van der Waals surface area contributed by atoms with Crippen molar-refractivity contribution in [2.45, 2.75) is 6.92 Å². The molecule has 0 radical (unpaired) electrons. The Labute approximate surface area is 111 Å². The maximum Gasteiger partial charge on any atom is 0.260 e. The van der Waals surface area contributed by atoms with Gasteiger partial charge in [-0.05, 0) is 19.1 Å². The molecule has 0 unspecified atom stereocenters. The maximum absolute atomic E-state index is 12.5. The molecule has 1 aromatic heterocycles. The summed E-state index contributed by atoms with van der Waals surface area (Å²) in [5.41, 5.74) is 2.24. The molecule has 1 aromatic carbocycles. The first kappa shape index (κ1) is 11.6. The second-order valence-corrected chi connectivity index (χ2v) is 4.57. The summed E-state index contributed by atoms with van der Waals surface area (Å²) in [4.78, 5) is 24.6. The Morgan fingerprint density at radius 2 is 1.79 bits per heavy atom. The number of para-hydroxylation sites is 1. The quantitative estimate of drug-likeness (QED) is 0.722. The van der Waals surface area contributed by atoms with Crippen LogP contribution in [0.2, 0.25) is 0 Å². The molecule has 0 bridgehead atoms. The fraction of sp³-hybridized carbons (Fsp3) is 0.214. The Kier molecular flexibility index (Phi) is 2.48. The van der Waals surface area contributed by atoms with E-state index in [-0.39, 0.29) is 5.91 Å². The molecule has 0 fully saturated rings. The highest BCUT2D eigenvalue weighted by Crippen LogP contribution is 2.36. The summed E-state index contributed by atoms with van der Waals surface area (Å²) in [7, 11) is 3.66. The summed E-state index contributed by atoms with van der Waals surface area (Å²) in [6.45, 7) is 1.84. The van der Waals surface area contributed by atoms with Crippen molar-refractivity contribution in [3.8, 4) is 0 Å². The van der Waals surface area contributed by atoms with Crippen molar-refractivity contribution in [3.05, 3.63) is 41.9 Å². The van der Waals surface area contributed by atoms with Crippen LogP contribution in [0.5, 0.6) is 0 Å². The molecule has 2 aromatic rings. The molecule has 0 saturated carbocycles. The number of carbonyl (C=O) groups is 1.